The molecule has 0 fully saturated rings. The fourth-order valence-corrected chi connectivity index (χ4v) is 1.68. The molecule has 18 heavy (non-hydrogen) atoms. The van der Waals surface area contributed by atoms with E-state index in [0.717, 1.165) is 12.1 Å². The van der Waals surface area contributed by atoms with Crippen LogP contribution in [0.15, 0.2) is 60.3 Å². The molecule has 0 bridgehead atoms. The normalized spacial score (nSPS) is 13.7. The van der Waals surface area contributed by atoms with Crippen LogP contribution in [0.25, 0.3) is 0 Å². The van der Waals surface area contributed by atoms with E-state index < -0.39 is 5.91 Å². The summed E-state index contributed by atoms with van der Waals surface area (Å²) in [5, 5.41) is 11.9. The smallest absolute Gasteiger partial charge is 0.276 e. The van der Waals surface area contributed by atoms with Crippen LogP contribution in [0.2, 0.25) is 0 Å². The lowest BCUT2D eigenvalue weighted by atomic mass is 10.1. The van der Waals surface area contributed by atoms with E-state index in [1.165, 1.54) is 0 Å². The molecule has 0 radical (unpaired) electrons. The van der Waals surface area contributed by atoms with Gasteiger partial charge in [0.2, 0.25) is 0 Å². The summed E-state index contributed by atoms with van der Waals surface area (Å²) < 4.78 is 0. The van der Waals surface area contributed by atoms with Gasteiger partial charge in [-0.05, 0) is 24.6 Å². The third kappa shape index (κ3) is 2.87. The number of hydrogen-bond donors (Lipinski definition) is 3. The largest absolute Gasteiger partial charge is 0.355 e. The van der Waals surface area contributed by atoms with Gasteiger partial charge < -0.3 is 5.32 Å². The van der Waals surface area contributed by atoms with Gasteiger partial charge in [-0.1, -0.05) is 36.4 Å². The van der Waals surface area contributed by atoms with E-state index in [9.17, 15) is 4.79 Å². The van der Waals surface area contributed by atoms with Gasteiger partial charge in [-0.15, -0.1) is 0 Å². The summed E-state index contributed by atoms with van der Waals surface area (Å²) in [6.45, 7) is 0. The predicted molar refractivity (Wildman–Crippen MR) is 70.3 cm³/mol. The van der Waals surface area contributed by atoms with Crippen molar-refractivity contribution in [2.45, 2.75) is 6.42 Å². The quantitative estimate of drug-likeness (QED) is 0.564. The molecule has 1 aliphatic rings. The number of amides is 1. The zero-order chi connectivity index (χ0) is 12.8. The fourth-order valence-electron chi connectivity index (χ4n) is 1.68. The van der Waals surface area contributed by atoms with E-state index in [1.807, 2.05) is 36.4 Å². The Bertz CT molecular complexity index is 530. The van der Waals surface area contributed by atoms with Gasteiger partial charge >= 0.3 is 0 Å². The standard InChI is InChI=1S/C14H14N2O2/c17-14(16-18)12-9-5-6-10-13(12)15-11-7-3-1-2-4-8-11/h1-3,5-10,15,18H,4H2,(H,16,17). The number of para-hydroxylation sites is 1. The molecule has 2 rings (SSSR count). The maximum atomic E-state index is 11.5. The Kier molecular flexibility index (Phi) is 3.94. The monoisotopic (exact) mass is 242 g/mol. The Balaban J connectivity index is 2.24. The maximum absolute atomic E-state index is 11.5. The number of benzene rings is 1. The minimum Gasteiger partial charge on any atom is -0.355 e. The van der Waals surface area contributed by atoms with Gasteiger partial charge in [-0.3, -0.25) is 10.0 Å². The van der Waals surface area contributed by atoms with E-state index >= 15 is 0 Å². The lowest BCUT2D eigenvalue weighted by molar-refractivity contribution is 0.0707. The van der Waals surface area contributed by atoms with Gasteiger partial charge in [0.05, 0.1) is 11.3 Å². The number of carbonyl (C=O) groups is 1. The first-order valence-electron chi connectivity index (χ1n) is 5.65. The number of anilines is 1. The van der Waals surface area contributed by atoms with E-state index in [2.05, 4.69) is 5.32 Å². The van der Waals surface area contributed by atoms with Crippen molar-refractivity contribution in [3.8, 4) is 0 Å². The summed E-state index contributed by atoms with van der Waals surface area (Å²) in [5.74, 6) is -0.533. The molecule has 0 saturated heterocycles. The molecule has 0 saturated carbocycles. The Labute approximate surface area is 105 Å². The first kappa shape index (κ1) is 12.1. The van der Waals surface area contributed by atoms with Gasteiger partial charge in [0, 0.05) is 5.70 Å². The van der Waals surface area contributed by atoms with Crippen LogP contribution >= 0.6 is 0 Å². The SMILES string of the molecule is O=C(NO)c1ccccc1NC1=CCC=CC=C1. The second kappa shape index (κ2) is 5.84. The summed E-state index contributed by atoms with van der Waals surface area (Å²) in [5.41, 5.74) is 3.61. The minimum absolute atomic E-state index is 0.395. The zero-order valence-electron chi connectivity index (χ0n) is 9.76. The molecule has 1 amide bonds. The van der Waals surface area contributed by atoms with Crippen LogP contribution in [0.4, 0.5) is 5.69 Å². The van der Waals surface area contributed by atoms with Crippen molar-refractivity contribution in [1.29, 1.82) is 0 Å². The Morgan fingerprint density at radius 1 is 1.22 bits per heavy atom. The molecule has 0 heterocycles. The number of hydroxylamine groups is 1. The molecule has 0 unspecified atom stereocenters. The van der Waals surface area contributed by atoms with Crippen molar-refractivity contribution in [2.75, 3.05) is 5.32 Å². The molecule has 0 aromatic heterocycles. The number of hydrogen-bond acceptors (Lipinski definition) is 3. The fraction of sp³-hybridized carbons (Fsp3) is 0.0714. The number of nitrogens with one attached hydrogen (secondary N) is 2. The average Bonchev–Trinajstić information content (AvgIpc) is 2.67. The highest BCUT2D eigenvalue weighted by atomic mass is 16.5. The zero-order valence-corrected chi connectivity index (χ0v) is 9.76. The van der Waals surface area contributed by atoms with Crippen LogP contribution in [-0.2, 0) is 0 Å². The summed E-state index contributed by atoms with van der Waals surface area (Å²) in [6, 6.07) is 7.01. The molecule has 0 spiro atoms. The van der Waals surface area contributed by atoms with Crippen molar-refractivity contribution in [3.63, 3.8) is 0 Å². The van der Waals surface area contributed by atoms with Gasteiger partial charge in [-0.25, -0.2) is 5.48 Å². The van der Waals surface area contributed by atoms with Gasteiger partial charge in [-0.2, -0.15) is 0 Å². The summed E-state index contributed by atoms with van der Waals surface area (Å²) in [6.07, 6.45) is 10.7. The molecule has 3 N–H and O–H groups in total. The first-order chi connectivity index (χ1) is 8.81. The predicted octanol–water partition coefficient (Wildman–Crippen LogP) is 2.62. The van der Waals surface area contributed by atoms with Crippen molar-refractivity contribution < 1.29 is 10.0 Å². The van der Waals surface area contributed by atoms with Gasteiger partial charge in [0.1, 0.15) is 0 Å². The van der Waals surface area contributed by atoms with Gasteiger partial charge in [0.25, 0.3) is 5.91 Å². The molecular formula is C14H14N2O2. The second-order valence-corrected chi connectivity index (χ2v) is 3.79. The van der Waals surface area contributed by atoms with Crippen LogP contribution in [-0.4, -0.2) is 11.1 Å². The van der Waals surface area contributed by atoms with Crippen LogP contribution in [0.5, 0.6) is 0 Å². The topological polar surface area (TPSA) is 61.4 Å². The van der Waals surface area contributed by atoms with Crippen LogP contribution in [0.3, 0.4) is 0 Å². The van der Waals surface area contributed by atoms with E-state index in [4.69, 9.17) is 5.21 Å². The molecule has 1 aliphatic carbocycles. The van der Waals surface area contributed by atoms with E-state index in [-0.39, 0.29) is 0 Å². The third-order valence-corrected chi connectivity index (χ3v) is 2.55. The van der Waals surface area contributed by atoms with Crippen LogP contribution in [0.1, 0.15) is 16.8 Å². The van der Waals surface area contributed by atoms with E-state index in [0.29, 0.717) is 11.3 Å². The molecule has 1 aromatic carbocycles. The summed E-state index contributed by atoms with van der Waals surface area (Å²) in [7, 11) is 0. The Morgan fingerprint density at radius 2 is 2.06 bits per heavy atom. The van der Waals surface area contributed by atoms with Crippen molar-refractivity contribution in [1.82, 2.24) is 5.48 Å². The molecule has 92 valence electrons. The summed E-state index contributed by atoms with van der Waals surface area (Å²) in [4.78, 5) is 11.5. The molecule has 0 atom stereocenters. The van der Waals surface area contributed by atoms with Crippen molar-refractivity contribution in [2.24, 2.45) is 0 Å². The van der Waals surface area contributed by atoms with Crippen molar-refractivity contribution in [3.05, 3.63) is 65.9 Å². The second-order valence-electron chi connectivity index (χ2n) is 3.79. The average molecular weight is 242 g/mol. The number of allylic oxidation sites excluding steroid dienone is 5. The maximum Gasteiger partial charge on any atom is 0.276 e. The minimum atomic E-state index is -0.533. The highest BCUT2D eigenvalue weighted by Crippen LogP contribution is 2.18. The number of rotatable bonds is 3. The third-order valence-electron chi connectivity index (χ3n) is 2.55. The van der Waals surface area contributed by atoms with Gasteiger partial charge in [0.15, 0.2) is 0 Å². The highest BCUT2D eigenvalue weighted by Gasteiger charge is 2.09. The molecular weight excluding hydrogens is 228 g/mol. The Hall–Kier alpha value is -2.33. The number of carbonyl (C=O) groups excluding carboxylic acids is 1. The molecule has 1 aromatic rings. The molecule has 0 aliphatic heterocycles. The summed E-state index contributed by atoms with van der Waals surface area (Å²) >= 11 is 0. The van der Waals surface area contributed by atoms with Crippen molar-refractivity contribution >= 4 is 11.6 Å². The van der Waals surface area contributed by atoms with Crippen LogP contribution < -0.4 is 10.8 Å². The molecule has 4 nitrogen and oxygen atoms in total. The Morgan fingerprint density at radius 3 is 2.89 bits per heavy atom. The van der Waals surface area contributed by atoms with E-state index in [1.54, 1.807) is 23.7 Å². The first-order valence-corrected chi connectivity index (χ1v) is 5.65. The molecule has 4 heteroatoms. The lowest BCUT2D eigenvalue weighted by Crippen LogP contribution is -2.20. The lowest BCUT2D eigenvalue weighted by Gasteiger charge is -2.11. The van der Waals surface area contributed by atoms with Crippen LogP contribution in [0, 0.1) is 0 Å². The highest BCUT2D eigenvalue weighted by molar-refractivity contribution is 5.99.